The van der Waals surface area contributed by atoms with Crippen LogP contribution in [0.5, 0.6) is 0 Å². The number of allylic oxidation sites excluding steroid dienone is 7. The Hall–Kier alpha value is -2.47. The molecule has 1 aromatic rings. The number of piperidine rings is 1. The average Bonchev–Trinajstić information content (AvgIpc) is 3.35. The van der Waals surface area contributed by atoms with Crippen molar-refractivity contribution in [1.82, 2.24) is 15.2 Å². The molecule has 5 nitrogen and oxygen atoms in total. The second kappa shape index (κ2) is 11.7. The molecule has 5 heteroatoms. The molecule has 1 spiro atoms. The molecule has 4 aliphatic heterocycles. The van der Waals surface area contributed by atoms with E-state index in [2.05, 4.69) is 76.3 Å². The van der Waals surface area contributed by atoms with Gasteiger partial charge in [-0.05, 0) is 119 Å². The van der Waals surface area contributed by atoms with Crippen LogP contribution >= 0.6 is 0 Å². The average molecular weight is 553 g/mol. The molecule has 0 saturated carbocycles. The Labute approximate surface area is 246 Å². The van der Waals surface area contributed by atoms with Gasteiger partial charge in [0, 0.05) is 30.1 Å². The molecule has 218 valence electrons. The lowest BCUT2D eigenvalue weighted by atomic mass is 9.53. The largest absolute Gasteiger partial charge is 0.384 e. The zero-order valence-corrected chi connectivity index (χ0v) is 24.6. The van der Waals surface area contributed by atoms with Crippen molar-refractivity contribution in [2.45, 2.75) is 94.2 Å². The third-order valence-corrected chi connectivity index (χ3v) is 10.9. The summed E-state index contributed by atoms with van der Waals surface area (Å²) < 4.78 is 0. The first-order valence-corrected chi connectivity index (χ1v) is 16.5. The summed E-state index contributed by atoms with van der Waals surface area (Å²) in [5, 5.41) is 20.8. The fourth-order valence-electron chi connectivity index (χ4n) is 9.03. The third kappa shape index (κ3) is 5.08. The van der Waals surface area contributed by atoms with E-state index in [1.54, 1.807) is 0 Å². The predicted octanol–water partition coefficient (Wildman–Crippen LogP) is 6.52. The lowest BCUT2D eigenvalue weighted by molar-refractivity contribution is -0.0798. The third-order valence-electron chi connectivity index (χ3n) is 10.9. The van der Waals surface area contributed by atoms with Gasteiger partial charge in [-0.15, -0.1) is 0 Å². The van der Waals surface area contributed by atoms with Crippen LogP contribution in [-0.2, 0) is 0 Å². The highest BCUT2D eigenvalue weighted by Gasteiger charge is 2.59. The number of nitrogens with one attached hydrogen (secondary N) is 2. The highest BCUT2D eigenvalue weighted by Crippen LogP contribution is 2.57. The summed E-state index contributed by atoms with van der Waals surface area (Å²) in [5.74, 6) is 0.709. The molecule has 7 atom stereocenters. The molecular weight excluding hydrogens is 504 g/mol. The molecule has 5 heterocycles. The first-order valence-electron chi connectivity index (χ1n) is 16.5. The van der Waals surface area contributed by atoms with Gasteiger partial charge in [0.25, 0.3) is 0 Å². The number of fused-ring (bicyclic) bond motifs is 4. The van der Waals surface area contributed by atoms with Crippen molar-refractivity contribution in [1.29, 1.82) is 0 Å². The Morgan fingerprint density at radius 1 is 0.902 bits per heavy atom. The summed E-state index contributed by atoms with van der Waals surface area (Å²) in [5.41, 5.74) is 3.92. The lowest BCUT2D eigenvalue weighted by Gasteiger charge is -2.60. The Morgan fingerprint density at radius 2 is 1.71 bits per heavy atom. The van der Waals surface area contributed by atoms with Gasteiger partial charge in [0.05, 0.1) is 23.0 Å². The number of pyridine rings is 1. The standard InChI is InChI=1S/C36H48N4O/c41-36-20-12-6-2-4-8-14-23-40-24-18-30(35(26-40)19-11-5-1-3-7-13-21-38-34(35)36)29(25-36)32-33-28(17-22-37-32)27-15-9-10-16-31(27)39-33/h1-2,5-6,9-10,15-17,22,25,27,30-31,34,38-39,41H,3-4,7-8,11-14,18-21,23-24,26H2. The van der Waals surface area contributed by atoms with Crippen LogP contribution in [0.15, 0.2) is 66.9 Å². The summed E-state index contributed by atoms with van der Waals surface area (Å²) in [6.07, 6.45) is 34.9. The molecule has 0 aromatic carbocycles. The molecule has 3 bridgehead atoms. The maximum absolute atomic E-state index is 12.9. The number of nitrogens with zero attached hydrogens (tertiary/aromatic N) is 2. The van der Waals surface area contributed by atoms with Crippen molar-refractivity contribution in [3.63, 3.8) is 0 Å². The van der Waals surface area contributed by atoms with Crippen LogP contribution in [0.4, 0.5) is 5.69 Å². The molecule has 7 rings (SSSR count). The van der Waals surface area contributed by atoms with Crippen LogP contribution in [0.3, 0.4) is 0 Å². The molecule has 1 fully saturated rings. The van der Waals surface area contributed by atoms with E-state index < -0.39 is 5.60 Å². The summed E-state index contributed by atoms with van der Waals surface area (Å²) in [7, 11) is 0. The lowest BCUT2D eigenvalue weighted by Crippen LogP contribution is -2.68. The number of rotatable bonds is 1. The molecule has 0 radical (unpaired) electrons. The Balaban J connectivity index is 1.39. The second-order valence-corrected chi connectivity index (χ2v) is 13.4. The maximum Gasteiger partial charge on any atom is 0.0995 e. The summed E-state index contributed by atoms with van der Waals surface area (Å²) >= 11 is 0. The summed E-state index contributed by atoms with van der Waals surface area (Å²) in [6.45, 7) is 4.30. The van der Waals surface area contributed by atoms with Crippen molar-refractivity contribution in [2.24, 2.45) is 11.3 Å². The van der Waals surface area contributed by atoms with E-state index >= 15 is 0 Å². The van der Waals surface area contributed by atoms with E-state index in [9.17, 15) is 5.11 Å². The van der Waals surface area contributed by atoms with Crippen molar-refractivity contribution in [3.8, 4) is 0 Å². The molecule has 7 unspecified atom stereocenters. The first kappa shape index (κ1) is 27.4. The van der Waals surface area contributed by atoms with Crippen LogP contribution < -0.4 is 10.6 Å². The minimum atomic E-state index is -0.930. The van der Waals surface area contributed by atoms with E-state index in [1.165, 1.54) is 36.1 Å². The van der Waals surface area contributed by atoms with E-state index in [1.807, 2.05) is 6.20 Å². The number of anilines is 1. The van der Waals surface area contributed by atoms with Crippen LogP contribution in [0.25, 0.3) is 5.57 Å². The van der Waals surface area contributed by atoms with Gasteiger partial charge in [-0.2, -0.15) is 0 Å². The normalized spacial score (nSPS) is 38.7. The second-order valence-electron chi connectivity index (χ2n) is 13.4. The van der Waals surface area contributed by atoms with Gasteiger partial charge >= 0.3 is 0 Å². The number of aliphatic hydroxyl groups is 1. The van der Waals surface area contributed by atoms with Crippen LogP contribution in [0.1, 0.15) is 87.8 Å². The Bertz CT molecular complexity index is 1260. The van der Waals surface area contributed by atoms with E-state index in [-0.39, 0.29) is 17.5 Å². The zero-order chi connectivity index (χ0) is 27.7. The van der Waals surface area contributed by atoms with Crippen LogP contribution in [0.2, 0.25) is 0 Å². The topological polar surface area (TPSA) is 60.4 Å². The number of aromatic nitrogens is 1. The minimum Gasteiger partial charge on any atom is -0.384 e. The van der Waals surface area contributed by atoms with Gasteiger partial charge in [0.1, 0.15) is 0 Å². The van der Waals surface area contributed by atoms with Gasteiger partial charge in [-0.25, -0.2) is 0 Å². The molecule has 6 aliphatic rings. The Kier molecular flexibility index (Phi) is 7.79. The molecule has 0 amide bonds. The van der Waals surface area contributed by atoms with Gasteiger partial charge in [0.15, 0.2) is 0 Å². The molecule has 1 aromatic heterocycles. The first-order chi connectivity index (χ1) is 20.2. The molecular formula is C36H48N4O. The molecule has 2 aliphatic carbocycles. The van der Waals surface area contributed by atoms with Crippen molar-refractivity contribution < 1.29 is 5.11 Å². The maximum atomic E-state index is 12.9. The van der Waals surface area contributed by atoms with Gasteiger partial charge in [-0.3, -0.25) is 4.98 Å². The van der Waals surface area contributed by atoms with Crippen LogP contribution in [-0.4, -0.2) is 58.9 Å². The van der Waals surface area contributed by atoms with Gasteiger partial charge < -0.3 is 20.6 Å². The highest BCUT2D eigenvalue weighted by atomic mass is 16.3. The Morgan fingerprint density at radius 3 is 2.61 bits per heavy atom. The highest BCUT2D eigenvalue weighted by molar-refractivity contribution is 5.82. The fraction of sp³-hybridized carbons (Fsp3) is 0.583. The van der Waals surface area contributed by atoms with Crippen molar-refractivity contribution in [2.75, 3.05) is 31.5 Å². The van der Waals surface area contributed by atoms with E-state index in [4.69, 9.17) is 4.98 Å². The van der Waals surface area contributed by atoms with Gasteiger partial charge in [-0.1, -0.05) is 48.6 Å². The zero-order valence-electron chi connectivity index (χ0n) is 24.6. The monoisotopic (exact) mass is 552 g/mol. The number of hydrogen-bond acceptors (Lipinski definition) is 5. The molecule has 1 saturated heterocycles. The van der Waals surface area contributed by atoms with E-state index in [0.717, 1.165) is 83.2 Å². The van der Waals surface area contributed by atoms with Crippen molar-refractivity contribution in [3.05, 3.63) is 78.2 Å². The smallest absolute Gasteiger partial charge is 0.0995 e. The summed E-state index contributed by atoms with van der Waals surface area (Å²) in [4.78, 5) is 7.86. The molecule has 3 N–H and O–H groups in total. The summed E-state index contributed by atoms with van der Waals surface area (Å²) in [6, 6.07) is 2.52. The van der Waals surface area contributed by atoms with Crippen molar-refractivity contribution >= 4 is 11.3 Å². The van der Waals surface area contributed by atoms with Crippen LogP contribution in [0, 0.1) is 11.3 Å². The number of hydrogen-bond donors (Lipinski definition) is 3. The van der Waals surface area contributed by atoms with Gasteiger partial charge in [0.2, 0.25) is 0 Å². The fourth-order valence-corrected chi connectivity index (χ4v) is 9.03. The minimum absolute atomic E-state index is 0.0328. The molecule has 41 heavy (non-hydrogen) atoms. The van der Waals surface area contributed by atoms with E-state index in [0.29, 0.717) is 11.8 Å². The quantitative estimate of drug-likeness (QED) is 0.346. The SMILES string of the molecule is OC12C=C(c3nccc4c3NC3C=CC=CC43)C3CCN(CCCCC=CCC1)CC31CCC=CCCCCNC21. The predicted molar refractivity (Wildman–Crippen MR) is 169 cm³/mol.